The van der Waals surface area contributed by atoms with Crippen molar-refractivity contribution < 1.29 is 4.79 Å². The molecule has 0 unspecified atom stereocenters. The zero-order valence-electron chi connectivity index (χ0n) is 13.5. The SMILES string of the molecule is CCn1c(=O)[nH]c2cc3nc(N)n(CCC(=O)N(C)C)c3cc21. The van der Waals surface area contributed by atoms with Gasteiger partial charge in [-0.1, -0.05) is 0 Å². The Morgan fingerprint density at radius 2 is 2.04 bits per heavy atom. The van der Waals surface area contributed by atoms with Crippen LogP contribution in [0.25, 0.3) is 22.1 Å². The average Bonchev–Trinajstić information content (AvgIpc) is 2.96. The van der Waals surface area contributed by atoms with Gasteiger partial charge < -0.3 is 20.2 Å². The van der Waals surface area contributed by atoms with E-state index in [1.165, 1.54) is 0 Å². The summed E-state index contributed by atoms with van der Waals surface area (Å²) in [5.41, 5.74) is 8.93. The zero-order valence-corrected chi connectivity index (χ0v) is 13.5. The van der Waals surface area contributed by atoms with E-state index in [0.29, 0.717) is 31.0 Å². The summed E-state index contributed by atoms with van der Waals surface area (Å²) in [6.45, 7) is 2.94. The van der Waals surface area contributed by atoms with Crippen molar-refractivity contribution in [1.29, 1.82) is 0 Å². The number of nitrogens with two attached hydrogens (primary N) is 1. The number of nitrogens with one attached hydrogen (secondary N) is 1. The number of aromatic nitrogens is 4. The number of carbonyl (C=O) groups is 1. The number of rotatable bonds is 4. The van der Waals surface area contributed by atoms with Crippen LogP contribution in [0.3, 0.4) is 0 Å². The van der Waals surface area contributed by atoms with Crippen molar-refractivity contribution in [2.24, 2.45) is 0 Å². The van der Waals surface area contributed by atoms with Crippen molar-refractivity contribution in [3.8, 4) is 0 Å². The maximum atomic E-state index is 11.9. The van der Waals surface area contributed by atoms with E-state index in [4.69, 9.17) is 5.73 Å². The Labute approximate surface area is 132 Å². The van der Waals surface area contributed by atoms with Crippen LogP contribution in [0.5, 0.6) is 0 Å². The summed E-state index contributed by atoms with van der Waals surface area (Å²) in [6, 6.07) is 3.72. The minimum Gasteiger partial charge on any atom is -0.369 e. The number of nitrogen functional groups attached to an aromatic ring is 1. The van der Waals surface area contributed by atoms with E-state index in [2.05, 4.69) is 9.97 Å². The lowest BCUT2D eigenvalue weighted by Crippen LogP contribution is -2.23. The Balaban J connectivity index is 2.10. The Hall–Kier alpha value is -2.77. The van der Waals surface area contributed by atoms with Crippen LogP contribution in [-0.4, -0.2) is 44.0 Å². The standard InChI is InChI=1S/C15H20N6O2/c1-4-20-11-8-12-9(7-10(11)18-15(20)23)17-14(16)21(12)6-5-13(22)19(2)3/h7-8H,4-6H2,1-3H3,(H2,16,17)(H,18,23). The number of hydrogen-bond acceptors (Lipinski definition) is 4. The third-order valence-corrected chi connectivity index (χ3v) is 4.04. The molecule has 3 aromatic rings. The van der Waals surface area contributed by atoms with Gasteiger partial charge in [0.1, 0.15) is 0 Å². The first-order chi connectivity index (χ1) is 10.9. The predicted octanol–water partition coefficient (Wildman–Crippen LogP) is 0.760. The van der Waals surface area contributed by atoms with Crippen LogP contribution < -0.4 is 11.4 Å². The second-order valence-electron chi connectivity index (χ2n) is 5.69. The molecule has 23 heavy (non-hydrogen) atoms. The lowest BCUT2D eigenvalue weighted by Gasteiger charge is -2.11. The van der Waals surface area contributed by atoms with Gasteiger partial charge >= 0.3 is 5.69 Å². The number of imidazole rings is 2. The minimum atomic E-state index is -0.141. The van der Waals surface area contributed by atoms with Gasteiger partial charge in [0.05, 0.1) is 22.1 Å². The number of benzene rings is 1. The normalized spacial score (nSPS) is 11.4. The van der Waals surface area contributed by atoms with Gasteiger partial charge in [-0.05, 0) is 19.1 Å². The van der Waals surface area contributed by atoms with Crippen LogP contribution in [0.4, 0.5) is 5.95 Å². The Kier molecular flexibility index (Phi) is 3.59. The lowest BCUT2D eigenvalue weighted by molar-refractivity contribution is -0.128. The molecule has 0 spiro atoms. The second-order valence-corrected chi connectivity index (χ2v) is 5.69. The molecule has 8 heteroatoms. The molecule has 0 bridgehead atoms. The smallest absolute Gasteiger partial charge is 0.326 e. The van der Waals surface area contributed by atoms with E-state index >= 15 is 0 Å². The number of hydrogen-bond donors (Lipinski definition) is 2. The summed E-state index contributed by atoms with van der Waals surface area (Å²) in [5.74, 6) is 0.393. The first-order valence-electron chi connectivity index (χ1n) is 7.50. The first-order valence-corrected chi connectivity index (χ1v) is 7.50. The number of carbonyl (C=O) groups excluding carboxylic acids is 1. The molecule has 1 amide bonds. The van der Waals surface area contributed by atoms with Crippen LogP contribution in [0.2, 0.25) is 0 Å². The number of fused-ring (bicyclic) bond motifs is 2. The third kappa shape index (κ3) is 2.45. The highest BCUT2D eigenvalue weighted by Gasteiger charge is 2.14. The monoisotopic (exact) mass is 316 g/mol. The molecular formula is C15H20N6O2. The summed E-state index contributed by atoms with van der Waals surface area (Å²) >= 11 is 0. The zero-order chi connectivity index (χ0) is 16.7. The van der Waals surface area contributed by atoms with Crippen molar-refractivity contribution in [3.05, 3.63) is 22.6 Å². The predicted molar refractivity (Wildman–Crippen MR) is 89.2 cm³/mol. The van der Waals surface area contributed by atoms with Crippen LogP contribution in [0, 0.1) is 0 Å². The van der Waals surface area contributed by atoms with E-state index < -0.39 is 0 Å². The van der Waals surface area contributed by atoms with Gasteiger partial charge in [0.15, 0.2) is 0 Å². The van der Waals surface area contributed by atoms with Crippen molar-refractivity contribution in [2.45, 2.75) is 26.4 Å². The maximum Gasteiger partial charge on any atom is 0.326 e. The van der Waals surface area contributed by atoms with E-state index in [0.717, 1.165) is 16.6 Å². The fourth-order valence-electron chi connectivity index (χ4n) is 2.77. The van der Waals surface area contributed by atoms with E-state index in [-0.39, 0.29) is 11.6 Å². The molecule has 122 valence electrons. The molecule has 0 fully saturated rings. The quantitative estimate of drug-likeness (QED) is 0.742. The third-order valence-electron chi connectivity index (χ3n) is 4.04. The molecule has 0 aliphatic rings. The molecule has 2 aromatic heterocycles. The molecule has 8 nitrogen and oxygen atoms in total. The Bertz CT molecular complexity index is 946. The summed E-state index contributed by atoms with van der Waals surface area (Å²) in [6.07, 6.45) is 0.342. The number of amides is 1. The van der Waals surface area contributed by atoms with Crippen molar-refractivity contribution in [3.63, 3.8) is 0 Å². The van der Waals surface area contributed by atoms with Crippen LogP contribution in [0.1, 0.15) is 13.3 Å². The van der Waals surface area contributed by atoms with Gasteiger partial charge in [0, 0.05) is 33.6 Å². The summed E-state index contributed by atoms with van der Waals surface area (Å²) < 4.78 is 3.47. The van der Waals surface area contributed by atoms with E-state index in [1.54, 1.807) is 23.6 Å². The molecule has 1 aromatic carbocycles. The summed E-state index contributed by atoms with van der Waals surface area (Å²) in [4.78, 5) is 32.4. The lowest BCUT2D eigenvalue weighted by atomic mass is 10.2. The first kappa shape index (κ1) is 15.1. The molecular weight excluding hydrogens is 296 g/mol. The van der Waals surface area contributed by atoms with Gasteiger partial charge in [0.2, 0.25) is 11.9 Å². The highest BCUT2D eigenvalue weighted by Crippen LogP contribution is 2.23. The Morgan fingerprint density at radius 1 is 1.30 bits per heavy atom. The second kappa shape index (κ2) is 5.45. The molecule has 0 atom stereocenters. The molecule has 2 heterocycles. The molecule has 0 saturated heterocycles. The molecule has 3 N–H and O–H groups in total. The molecule has 3 rings (SSSR count). The molecule has 0 aliphatic heterocycles. The summed E-state index contributed by atoms with van der Waals surface area (Å²) in [5, 5.41) is 0. The average molecular weight is 316 g/mol. The van der Waals surface area contributed by atoms with Crippen molar-refractivity contribution in [2.75, 3.05) is 19.8 Å². The largest absolute Gasteiger partial charge is 0.369 e. The van der Waals surface area contributed by atoms with E-state index in [9.17, 15) is 9.59 Å². The Morgan fingerprint density at radius 3 is 2.70 bits per heavy atom. The molecule has 0 radical (unpaired) electrons. The highest BCUT2D eigenvalue weighted by atomic mass is 16.2. The topological polar surface area (TPSA) is 102 Å². The van der Waals surface area contributed by atoms with Gasteiger partial charge in [0.25, 0.3) is 0 Å². The molecule has 0 aliphatic carbocycles. The van der Waals surface area contributed by atoms with Crippen molar-refractivity contribution in [1.82, 2.24) is 24.0 Å². The fourth-order valence-corrected chi connectivity index (χ4v) is 2.77. The van der Waals surface area contributed by atoms with Gasteiger partial charge in [-0.15, -0.1) is 0 Å². The van der Waals surface area contributed by atoms with Crippen molar-refractivity contribution >= 4 is 33.9 Å². The van der Waals surface area contributed by atoms with Gasteiger partial charge in [-0.3, -0.25) is 9.36 Å². The van der Waals surface area contributed by atoms with Gasteiger partial charge in [-0.2, -0.15) is 0 Å². The number of aromatic amines is 1. The van der Waals surface area contributed by atoms with E-state index in [1.807, 2.05) is 23.6 Å². The minimum absolute atomic E-state index is 0.0273. The fraction of sp³-hybridized carbons (Fsp3) is 0.400. The van der Waals surface area contributed by atoms with Crippen LogP contribution in [-0.2, 0) is 17.9 Å². The maximum absolute atomic E-state index is 11.9. The summed E-state index contributed by atoms with van der Waals surface area (Å²) in [7, 11) is 3.45. The number of H-pyrrole nitrogens is 1. The number of anilines is 1. The number of aryl methyl sites for hydroxylation is 2. The number of nitrogens with zero attached hydrogens (tertiary/aromatic N) is 4. The molecule has 0 saturated carbocycles. The highest BCUT2D eigenvalue weighted by molar-refractivity contribution is 5.93. The van der Waals surface area contributed by atoms with Crippen LogP contribution in [0.15, 0.2) is 16.9 Å². The van der Waals surface area contributed by atoms with Crippen LogP contribution >= 0.6 is 0 Å². The van der Waals surface area contributed by atoms with Gasteiger partial charge in [-0.25, -0.2) is 9.78 Å².